The summed E-state index contributed by atoms with van der Waals surface area (Å²) in [6.07, 6.45) is 1.39. The molecule has 0 radical (unpaired) electrons. The second-order valence-corrected chi connectivity index (χ2v) is 7.75. The van der Waals surface area contributed by atoms with Crippen LogP contribution >= 0.6 is 0 Å². The van der Waals surface area contributed by atoms with E-state index in [-0.39, 0.29) is 24.8 Å². The summed E-state index contributed by atoms with van der Waals surface area (Å²) in [6.45, 7) is 4.32. The third kappa shape index (κ3) is 10.8. The molecule has 2 rings (SSSR count). The maximum Gasteiger partial charge on any atom is 0.253 e. The van der Waals surface area contributed by atoms with Crippen molar-refractivity contribution in [3.63, 3.8) is 0 Å². The quantitative estimate of drug-likeness (QED) is 0.375. The van der Waals surface area contributed by atoms with Gasteiger partial charge in [0.05, 0.1) is 20.6 Å². The molecular weight excluding hydrogens is 446 g/mol. The topological polar surface area (TPSA) is 129 Å². The van der Waals surface area contributed by atoms with Crippen molar-refractivity contribution in [1.82, 2.24) is 5.32 Å². The minimum atomic E-state index is -0.890. The van der Waals surface area contributed by atoms with Crippen molar-refractivity contribution >= 4 is 17.8 Å². The first-order valence-electron chi connectivity index (χ1n) is 10.6. The molecule has 2 aromatic rings. The Kier molecular flexibility index (Phi) is 12.1. The van der Waals surface area contributed by atoms with E-state index in [2.05, 4.69) is 10.3 Å². The third-order valence-electron chi connectivity index (χ3n) is 4.48. The Hall–Kier alpha value is -3.69. The molecule has 186 valence electrons. The van der Waals surface area contributed by atoms with Crippen molar-refractivity contribution in [3.8, 4) is 11.5 Å². The van der Waals surface area contributed by atoms with Crippen LogP contribution in [0.4, 0.5) is 8.78 Å². The molecule has 0 bridgehead atoms. The number of nitrogens with zero attached hydrogens (tertiary/aromatic N) is 1. The second-order valence-electron chi connectivity index (χ2n) is 7.75. The number of amides is 2. The van der Waals surface area contributed by atoms with Gasteiger partial charge in [-0.25, -0.2) is 8.78 Å². The lowest BCUT2D eigenvalue weighted by Crippen LogP contribution is -2.24. The molecule has 34 heavy (non-hydrogen) atoms. The summed E-state index contributed by atoms with van der Waals surface area (Å²) in [5, 5.41) is 2.67. The highest BCUT2D eigenvalue weighted by Gasteiger charge is 2.08. The normalized spacial score (nSPS) is 10.1. The van der Waals surface area contributed by atoms with E-state index in [1.807, 2.05) is 13.8 Å². The number of hydrogen-bond donors (Lipinski definition) is 3. The lowest BCUT2D eigenvalue weighted by molar-refractivity contribution is -0.121. The predicted molar refractivity (Wildman–Crippen MR) is 126 cm³/mol. The summed E-state index contributed by atoms with van der Waals surface area (Å²) in [5.41, 5.74) is 11.5. The fraction of sp³-hybridized carbons (Fsp3) is 0.375. The summed E-state index contributed by atoms with van der Waals surface area (Å²) in [6, 6.07) is 8.79. The molecule has 0 spiro atoms. The van der Waals surface area contributed by atoms with Crippen LogP contribution in [0.1, 0.15) is 37.8 Å². The van der Waals surface area contributed by atoms with Gasteiger partial charge < -0.3 is 26.3 Å². The number of guanidine groups is 1. The van der Waals surface area contributed by atoms with Crippen LogP contribution in [0.25, 0.3) is 0 Å². The number of ether oxygens (including phenoxy) is 2. The molecule has 0 aliphatic carbocycles. The number of methoxy groups -OCH3 is 2. The molecule has 0 heterocycles. The first kappa shape index (κ1) is 28.3. The average molecular weight is 479 g/mol. The van der Waals surface area contributed by atoms with Gasteiger partial charge in [0, 0.05) is 13.0 Å². The SMILES string of the molecule is CC(C)CCC(=O)NCc1ccc(F)c(F)c1.COc1ccc(CC(=O)N=C(N)N)cc1OC. The Morgan fingerprint density at radius 2 is 1.62 bits per heavy atom. The van der Waals surface area contributed by atoms with Crippen molar-refractivity contribution in [2.24, 2.45) is 22.4 Å². The van der Waals surface area contributed by atoms with Crippen molar-refractivity contribution in [1.29, 1.82) is 0 Å². The summed E-state index contributed by atoms with van der Waals surface area (Å²) >= 11 is 0. The number of hydrogen-bond acceptors (Lipinski definition) is 4. The Morgan fingerprint density at radius 3 is 2.18 bits per heavy atom. The number of carbonyl (C=O) groups excluding carboxylic acids is 2. The molecule has 2 amide bonds. The lowest BCUT2D eigenvalue weighted by Gasteiger charge is -2.08. The molecule has 8 nitrogen and oxygen atoms in total. The fourth-order valence-electron chi connectivity index (χ4n) is 2.71. The Bertz CT molecular complexity index is 993. The van der Waals surface area contributed by atoms with E-state index in [0.717, 1.165) is 24.1 Å². The number of nitrogens with two attached hydrogens (primary N) is 2. The zero-order chi connectivity index (χ0) is 25.7. The smallest absolute Gasteiger partial charge is 0.253 e. The average Bonchev–Trinajstić information content (AvgIpc) is 2.78. The van der Waals surface area contributed by atoms with Gasteiger partial charge in [0.2, 0.25) is 5.91 Å². The zero-order valence-corrected chi connectivity index (χ0v) is 19.9. The molecule has 0 saturated carbocycles. The van der Waals surface area contributed by atoms with Gasteiger partial charge >= 0.3 is 0 Å². The molecule has 0 unspecified atom stereocenters. The Morgan fingerprint density at radius 1 is 0.971 bits per heavy atom. The number of aliphatic imine (C=N–C) groups is 1. The lowest BCUT2D eigenvalue weighted by atomic mass is 10.1. The summed E-state index contributed by atoms with van der Waals surface area (Å²) in [7, 11) is 3.07. The first-order valence-corrected chi connectivity index (χ1v) is 10.6. The van der Waals surface area contributed by atoms with Crippen molar-refractivity contribution in [2.45, 2.75) is 39.7 Å². The van der Waals surface area contributed by atoms with E-state index in [9.17, 15) is 18.4 Å². The van der Waals surface area contributed by atoms with Gasteiger partial charge in [-0.15, -0.1) is 0 Å². The minimum Gasteiger partial charge on any atom is -0.493 e. The summed E-state index contributed by atoms with van der Waals surface area (Å²) < 4.78 is 35.7. The summed E-state index contributed by atoms with van der Waals surface area (Å²) in [5.74, 6) is -0.841. The Labute approximate surface area is 198 Å². The molecule has 2 aromatic carbocycles. The molecule has 0 atom stereocenters. The van der Waals surface area contributed by atoms with Crippen LogP contribution in [0, 0.1) is 17.6 Å². The van der Waals surface area contributed by atoms with E-state index in [0.29, 0.717) is 29.4 Å². The minimum absolute atomic E-state index is 0.0663. The van der Waals surface area contributed by atoms with Crippen molar-refractivity contribution < 1.29 is 27.8 Å². The molecule has 0 saturated heterocycles. The van der Waals surface area contributed by atoms with Gasteiger partial charge in [0.25, 0.3) is 5.91 Å². The largest absolute Gasteiger partial charge is 0.493 e. The molecule has 0 aliphatic rings. The fourth-order valence-corrected chi connectivity index (χ4v) is 2.71. The van der Waals surface area contributed by atoms with Crippen LogP contribution < -0.4 is 26.3 Å². The van der Waals surface area contributed by atoms with Crippen LogP contribution in [0.5, 0.6) is 11.5 Å². The number of carbonyl (C=O) groups is 2. The van der Waals surface area contributed by atoms with Crippen molar-refractivity contribution in [3.05, 3.63) is 59.2 Å². The maximum absolute atomic E-state index is 12.9. The van der Waals surface area contributed by atoms with E-state index < -0.39 is 17.5 Å². The van der Waals surface area contributed by atoms with Gasteiger partial charge in [0.1, 0.15) is 0 Å². The van der Waals surface area contributed by atoms with Gasteiger partial charge in [-0.3, -0.25) is 9.59 Å². The zero-order valence-electron chi connectivity index (χ0n) is 19.9. The van der Waals surface area contributed by atoms with E-state index >= 15 is 0 Å². The van der Waals surface area contributed by atoms with Crippen LogP contribution in [0.2, 0.25) is 0 Å². The van der Waals surface area contributed by atoms with Gasteiger partial charge in [0.15, 0.2) is 29.1 Å². The van der Waals surface area contributed by atoms with Gasteiger partial charge in [-0.1, -0.05) is 26.0 Å². The molecular formula is C24H32F2N4O4. The molecule has 10 heteroatoms. The highest BCUT2D eigenvalue weighted by molar-refractivity contribution is 5.92. The predicted octanol–water partition coefficient (Wildman–Crippen LogP) is 3.06. The van der Waals surface area contributed by atoms with E-state index in [1.54, 1.807) is 25.3 Å². The monoisotopic (exact) mass is 478 g/mol. The van der Waals surface area contributed by atoms with Crippen molar-refractivity contribution in [2.75, 3.05) is 14.2 Å². The Balaban J connectivity index is 0.000000340. The summed E-state index contributed by atoms with van der Waals surface area (Å²) in [4.78, 5) is 26.2. The highest BCUT2D eigenvalue weighted by atomic mass is 19.2. The standard InChI is InChI=1S/C13H17F2NO.C11H15N3O3/c1-9(2)3-6-13(17)16-8-10-4-5-11(14)12(15)7-10;1-16-8-4-3-7(5-9(8)17-2)6-10(15)14-11(12)13/h4-5,7,9H,3,6,8H2,1-2H3,(H,16,17);3-5H,6H2,1-2H3,(H4,12,13,14,15). The number of nitrogens with one attached hydrogen (secondary N) is 1. The second kappa shape index (κ2) is 14.5. The molecule has 0 fully saturated rings. The van der Waals surface area contributed by atoms with Crippen LogP contribution in [-0.4, -0.2) is 32.0 Å². The van der Waals surface area contributed by atoms with Gasteiger partial charge in [-0.2, -0.15) is 4.99 Å². The number of benzene rings is 2. The van der Waals surface area contributed by atoms with E-state index in [1.165, 1.54) is 13.2 Å². The van der Waals surface area contributed by atoms with Crippen LogP contribution in [0.15, 0.2) is 41.4 Å². The molecule has 0 aromatic heterocycles. The number of halogens is 2. The van der Waals surface area contributed by atoms with Gasteiger partial charge in [-0.05, 0) is 47.7 Å². The van der Waals surface area contributed by atoms with Crippen LogP contribution in [-0.2, 0) is 22.6 Å². The first-order chi connectivity index (χ1) is 16.0. The maximum atomic E-state index is 12.9. The van der Waals surface area contributed by atoms with E-state index in [4.69, 9.17) is 20.9 Å². The molecule has 5 N–H and O–H groups in total. The highest BCUT2D eigenvalue weighted by Crippen LogP contribution is 2.27. The van der Waals surface area contributed by atoms with Crippen LogP contribution in [0.3, 0.4) is 0 Å². The molecule has 0 aliphatic heterocycles. The number of rotatable bonds is 9. The third-order valence-corrected chi connectivity index (χ3v) is 4.48.